The number of carbonyl (C=O) groups excluding carboxylic acids is 1. The Labute approximate surface area is 137 Å². The first-order chi connectivity index (χ1) is 11.3. The van der Waals surface area contributed by atoms with Gasteiger partial charge in [-0.25, -0.2) is 4.79 Å². The quantitative estimate of drug-likeness (QED) is 0.889. The summed E-state index contributed by atoms with van der Waals surface area (Å²) in [6.45, 7) is -0.382. The van der Waals surface area contributed by atoms with E-state index < -0.39 is 12.8 Å². The molecule has 0 aromatic heterocycles. The van der Waals surface area contributed by atoms with Gasteiger partial charge < -0.3 is 24.4 Å². The van der Waals surface area contributed by atoms with Crippen LogP contribution in [0, 0.1) is 0 Å². The van der Waals surface area contributed by atoms with Crippen molar-refractivity contribution in [3.05, 3.63) is 18.2 Å². The minimum atomic E-state index is -4.47. The molecule has 1 atom stereocenters. The van der Waals surface area contributed by atoms with Crippen molar-refractivity contribution in [1.29, 1.82) is 0 Å². The summed E-state index contributed by atoms with van der Waals surface area (Å²) in [6, 6.07) is 3.85. The van der Waals surface area contributed by atoms with Crippen molar-refractivity contribution in [2.45, 2.75) is 18.6 Å². The van der Waals surface area contributed by atoms with Crippen LogP contribution in [-0.2, 0) is 4.74 Å². The highest BCUT2D eigenvalue weighted by Gasteiger charge is 2.29. The molecule has 1 fully saturated rings. The number of nitrogens with one attached hydrogen (secondary N) is 1. The van der Waals surface area contributed by atoms with Crippen molar-refractivity contribution in [2.24, 2.45) is 0 Å². The highest BCUT2D eigenvalue weighted by molar-refractivity contribution is 5.89. The molecular formula is C15H19F3N2O4. The lowest BCUT2D eigenvalue weighted by Crippen LogP contribution is -2.40. The van der Waals surface area contributed by atoms with Crippen LogP contribution in [0.5, 0.6) is 11.5 Å². The maximum absolute atomic E-state index is 12.3. The molecular weight excluding hydrogens is 329 g/mol. The van der Waals surface area contributed by atoms with E-state index in [0.717, 1.165) is 6.42 Å². The smallest absolute Gasteiger partial charge is 0.422 e. The van der Waals surface area contributed by atoms with Crippen molar-refractivity contribution in [1.82, 2.24) is 4.90 Å². The van der Waals surface area contributed by atoms with Crippen molar-refractivity contribution >= 4 is 11.7 Å². The number of carbonyl (C=O) groups is 1. The molecule has 0 spiro atoms. The summed E-state index contributed by atoms with van der Waals surface area (Å²) in [5, 5.41) is 2.62. The number of benzene rings is 1. The number of urea groups is 1. The molecule has 0 unspecified atom stereocenters. The molecule has 2 rings (SSSR count). The van der Waals surface area contributed by atoms with Gasteiger partial charge in [0.25, 0.3) is 0 Å². The molecule has 1 saturated heterocycles. The molecule has 2 amide bonds. The monoisotopic (exact) mass is 348 g/mol. The Morgan fingerprint density at radius 1 is 1.42 bits per heavy atom. The van der Waals surface area contributed by atoms with E-state index in [1.807, 2.05) is 0 Å². The predicted molar refractivity (Wildman–Crippen MR) is 80.5 cm³/mol. The fraction of sp³-hybridized carbons (Fsp3) is 0.533. The molecule has 6 nitrogen and oxygen atoms in total. The lowest BCUT2D eigenvalue weighted by molar-refractivity contribution is -0.153. The second-order valence-electron chi connectivity index (χ2n) is 5.33. The lowest BCUT2D eigenvalue weighted by atomic mass is 10.2. The third kappa shape index (κ3) is 4.92. The molecule has 1 N–H and O–H groups in total. The van der Waals surface area contributed by atoms with Crippen molar-refractivity contribution in [2.75, 3.05) is 39.3 Å². The Kier molecular flexibility index (Phi) is 5.76. The van der Waals surface area contributed by atoms with Crippen LogP contribution in [0.25, 0.3) is 0 Å². The van der Waals surface area contributed by atoms with Gasteiger partial charge in [-0.2, -0.15) is 13.2 Å². The first kappa shape index (κ1) is 18.2. The number of alkyl halides is 3. The first-order valence-electron chi connectivity index (χ1n) is 7.29. The number of hydrogen-bond donors (Lipinski definition) is 1. The highest BCUT2D eigenvalue weighted by Crippen LogP contribution is 2.31. The second kappa shape index (κ2) is 7.61. The van der Waals surface area contributed by atoms with E-state index in [4.69, 9.17) is 14.2 Å². The number of likely N-dealkylation sites (N-methyl/N-ethyl adjacent to an activating group) is 1. The molecule has 24 heavy (non-hydrogen) atoms. The summed E-state index contributed by atoms with van der Waals surface area (Å²) >= 11 is 0. The normalized spacial score (nSPS) is 17.5. The number of anilines is 1. The Morgan fingerprint density at radius 2 is 2.17 bits per heavy atom. The van der Waals surface area contributed by atoms with E-state index in [2.05, 4.69) is 5.32 Å². The topological polar surface area (TPSA) is 60.0 Å². The number of amides is 2. The van der Waals surface area contributed by atoms with Crippen molar-refractivity contribution in [3.63, 3.8) is 0 Å². The van der Waals surface area contributed by atoms with Crippen LogP contribution in [0.3, 0.4) is 0 Å². The zero-order valence-electron chi connectivity index (χ0n) is 13.4. The van der Waals surface area contributed by atoms with E-state index in [9.17, 15) is 18.0 Å². The molecule has 0 bridgehead atoms. The van der Waals surface area contributed by atoms with Crippen molar-refractivity contribution in [3.8, 4) is 11.5 Å². The number of nitrogens with zero attached hydrogens (tertiary/aromatic N) is 1. The fourth-order valence-electron chi connectivity index (χ4n) is 2.23. The second-order valence-corrected chi connectivity index (χ2v) is 5.33. The predicted octanol–water partition coefficient (Wildman–Crippen LogP) is 2.89. The first-order valence-corrected chi connectivity index (χ1v) is 7.29. The Balaban J connectivity index is 2.05. The van der Waals surface area contributed by atoms with E-state index in [1.165, 1.54) is 30.2 Å². The highest BCUT2D eigenvalue weighted by atomic mass is 19.4. The number of ether oxygens (including phenoxy) is 3. The summed E-state index contributed by atoms with van der Waals surface area (Å²) in [5.41, 5.74) is 0.309. The van der Waals surface area contributed by atoms with Gasteiger partial charge in [0.05, 0.1) is 19.8 Å². The number of rotatable bonds is 5. The maximum Gasteiger partial charge on any atom is 0.422 e. The van der Waals surface area contributed by atoms with E-state index in [-0.39, 0.29) is 23.6 Å². The molecule has 1 aromatic carbocycles. The van der Waals surface area contributed by atoms with Crippen LogP contribution < -0.4 is 14.8 Å². The van der Waals surface area contributed by atoms with Gasteiger partial charge in [0, 0.05) is 25.4 Å². The van der Waals surface area contributed by atoms with Gasteiger partial charge in [-0.3, -0.25) is 0 Å². The molecule has 1 heterocycles. The number of halogens is 3. The minimum absolute atomic E-state index is 0.0239. The lowest BCUT2D eigenvalue weighted by Gasteiger charge is -2.23. The third-order valence-corrected chi connectivity index (χ3v) is 3.58. The van der Waals surface area contributed by atoms with Gasteiger partial charge in [-0.15, -0.1) is 0 Å². The zero-order chi connectivity index (χ0) is 17.7. The van der Waals surface area contributed by atoms with Crippen LogP contribution >= 0.6 is 0 Å². The van der Waals surface area contributed by atoms with Crippen LogP contribution in [0.4, 0.5) is 23.7 Å². The van der Waals surface area contributed by atoms with Crippen LogP contribution in [-0.4, -0.2) is 57.1 Å². The van der Waals surface area contributed by atoms with Crippen molar-refractivity contribution < 1.29 is 32.2 Å². The van der Waals surface area contributed by atoms with Crippen LogP contribution in [0.2, 0.25) is 0 Å². The van der Waals surface area contributed by atoms with Crippen LogP contribution in [0.15, 0.2) is 18.2 Å². The molecule has 1 aliphatic rings. The summed E-state index contributed by atoms with van der Waals surface area (Å²) in [6.07, 6.45) is -3.72. The Morgan fingerprint density at radius 3 is 2.75 bits per heavy atom. The van der Waals surface area contributed by atoms with Gasteiger partial charge in [-0.05, 0) is 18.6 Å². The molecule has 1 aliphatic heterocycles. The van der Waals surface area contributed by atoms with E-state index >= 15 is 0 Å². The maximum atomic E-state index is 12.3. The van der Waals surface area contributed by atoms with E-state index in [0.29, 0.717) is 18.9 Å². The average molecular weight is 348 g/mol. The minimum Gasteiger partial charge on any atom is -0.493 e. The Hall–Kier alpha value is -2.16. The van der Waals surface area contributed by atoms with Gasteiger partial charge in [0.15, 0.2) is 18.1 Å². The Bertz CT molecular complexity index is 574. The number of hydrogen-bond acceptors (Lipinski definition) is 4. The summed E-state index contributed by atoms with van der Waals surface area (Å²) < 4.78 is 51.9. The molecule has 0 aliphatic carbocycles. The van der Waals surface area contributed by atoms with Crippen LogP contribution in [0.1, 0.15) is 6.42 Å². The standard InChI is InChI=1S/C15H19F3N2O4/c1-20(11-5-6-23-8-11)14(21)19-10-3-4-12(22-2)13(7-10)24-9-15(16,17)18/h3-4,7,11H,5-6,8-9H2,1-2H3,(H,19,21)/t11-/m1/s1. The summed E-state index contributed by atoms with van der Waals surface area (Å²) in [5.74, 6) is 0.0503. The van der Waals surface area contributed by atoms with Gasteiger partial charge in [0.1, 0.15) is 0 Å². The molecule has 134 valence electrons. The molecule has 1 aromatic rings. The van der Waals surface area contributed by atoms with Gasteiger partial charge >= 0.3 is 12.2 Å². The third-order valence-electron chi connectivity index (χ3n) is 3.58. The number of methoxy groups -OCH3 is 1. The van der Waals surface area contributed by atoms with Gasteiger partial charge in [-0.1, -0.05) is 0 Å². The van der Waals surface area contributed by atoms with E-state index in [1.54, 1.807) is 7.05 Å². The average Bonchev–Trinajstić information content (AvgIpc) is 3.06. The summed E-state index contributed by atoms with van der Waals surface area (Å²) in [7, 11) is 2.96. The molecule has 0 saturated carbocycles. The zero-order valence-corrected chi connectivity index (χ0v) is 13.4. The summed E-state index contributed by atoms with van der Waals surface area (Å²) in [4.78, 5) is 13.7. The fourth-order valence-corrected chi connectivity index (χ4v) is 2.23. The largest absolute Gasteiger partial charge is 0.493 e. The SMILES string of the molecule is COc1ccc(NC(=O)N(C)[C@@H]2CCOC2)cc1OCC(F)(F)F. The molecule has 9 heteroatoms. The van der Waals surface area contributed by atoms with Gasteiger partial charge in [0.2, 0.25) is 0 Å². The molecule has 0 radical (unpaired) electrons.